The Hall–Kier alpha value is -1.41. The molecule has 19 heavy (non-hydrogen) atoms. The molecule has 0 spiro atoms. The van der Waals surface area contributed by atoms with Crippen LogP contribution in [-0.2, 0) is 19.4 Å². The largest absolute Gasteiger partial charge is 0.316 e. The SMILES string of the molecule is CNCc1c2c(nc3c(C)c(C)ccc13)CCCC2. The summed E-state index contributed by atoms with van der Waals surface area (Å²) in [5.41, 5.74) is 8.22. The van der Waals surface area contributed by atoms with Crippen LogP contribution in [0.1, 0.15) is 40.8 Å². The summed E-state index contributed by atoms with van der Waals surface area (Å²) in [6.07, 6.45) is 4.94. The molecule has 1 aromatic carbocycles. The van der Waals surface area contributed by atoms with Crippen molar-refractivity contribution in [1.29, 1.82) is 0 Å². The fraction of sp³-hybridized carbons (Fsp3) is 0.471. The van der Waals surface area contributed by atoms with Gasteiger partial charge in [-0.2, -0.15) is 0 Å². The molecule has 1 heterocycles. The molecule has 0 atom stereocenters. The minimum atomic E-state index is 0.948. The first kappa shape index (κ1) is 12.6. The van der Waals surface area contributed by atoms with Gasteiger partial charge in [0.25, 0.3) is 0 Å². The molecule has 1 aromatic heterocycles. The van der Waals surface area contributed by atoms with Crippen molar-refractivity contribution in [2.75, 3.05) is 7.05 Å². The third-order valence-electron chi connectivity index (χ3n) is 4.43. The quantitative estimate of drug-likeness (QED) is 0.888. The van der Waals surface area contributed by atoms with Crippen LogP contribution < -0.4 is 5.32 Å². The molecule has 0 unspecified atom stereocenters. The summed E-state index contributed by atoms with van der Waals surface area (Å²) >= 11 is 0. The van der Waals surface area contributed by atoms with E-state index in [1.807, 2.05) is 7.05 Å². The van der Waals surface area contributed by atoms with Crippen molar-refractivity contribution < 1.29 is 0 Å². The van der Waals surface area contributed by atoms with Gasteiger partial charge in [0, 0.05) is 17.6 Å². The second kappa shape index (κ2) is 4.93. The van der Waals surface area contributed by atoms with Gasteiger partial charge in [0.2, 0.25) is 0 Å². The van der Waals surface area contributed by atoms with Crippen LogP contribution in [0.5, 0.6) is 0 Å². The van der Waals surface area contributed by atoms with Gasteiger partial charge >= 0.3 is 0 Å². The monoisotopic (exact) mass is 254 g/mol. The minimum Gasteiger partial charge on any atom is -0.316 e. The van der Waals surface area contributed by atoms with Crippen LogP contribution in [-0.4, -0.2) is 12.0 Å². The van der Waals surface area contributed by atoms with Crippen molar-refractivity contribution in [3.8, 4) is 0 Å². The molecular weight excluding hydrogens is 232 g/mol. The fourth-order valence-electron chi connectivity index (χ4n) is 3.20. The Kier molecular flexibility index (Phi) is 3.28. The second-order valence-electron chi connectivity index (χ2n) is 5.66. The van der Waals surface area contributed by atoms with Gasteiger partial charge in [-0.25, -0.2) is 0 Å². The highest BCUT2D eigenvalue weighted by molar-refractivity contribution is 5.87. The van der Waals surface area contributed by atoms with E-state index >= 15 is 0 Å². The van der Waals surface area contributed by atoms with E-state index in [9.17, 15) is 0 Å². The third kappa shape index (κ3) is 2.04. The topological polar surface area (TPSA) is 24.9 Å². The van der Waals surface area contributed by atoms with Gasteiger partial charge in [0.15, 0.2) is 0 Å². The fourth-order valence-corrected chi connectivity index (χ4v) is 3.20. The van der Waals surface area contributed by atoms with Gasteiger partial charge < -0.3 is 5.32 Å². The zero-order valence-corrected chi connectivity index (χ0v) is 12.1. The normalized spacial score (nSPS) is 14.7. The molecule has 0 amide bonds. The van der Waals surface area contributed by atoms with Gasteiger partial charge in [-0.15, -0.1) is 0 Å². The first-order valence-corrected chi connectivity index (χ1v) is 7.27. The lowest BCUT2D eigenvalue weighted by Gasteiger charge is -2.21. The molecule has 0 fully saturated rings. The number of nitrogens with zero attached hydrogens (tertiary/aromatic N) is 1. The summed E-state index contributed by atoms with van der Waals surface area (Å²) in [6.45, 7) is 5.32. The highest BCUT2D eigenvalue weighted by Crippen LogP contribution is 2.31. The maximum absolute atomic E-state index is 4.99. The van der Waals surface area contributed by atoms with Crippen LogP contribution >= 0.6 is 0 Å². The van der Waals surface area contributed by atoms with E-state index in [-0.39, 0.29) is 0 Å². The molecule has 1 aliphatic carbocycles. The number of aromatic nitrogens is 1. The summed E-state index contributed by atoms with van der Waals surface area (Å²) < 4.78 is 0. The highest BCUT2D eigenvalue weighted by Gasteiger charge is 2.18. The van der Waals surface area contributed by atoms with E-state index < -0.39 is 0 Å². The summed E-state index contributed by atoms with van der Waals surface area (Å²) in [5, 5.41) is 4.68. The van der Waals surface area contributed by atoms with Crippen molar-refractivity contribution in [1.82, 2.24) is 10.3 Å². The number of hydrogen-bond donors (Lipinski definition) is 1. The Bertz CT molecular complexity index is 629. The molecule has 0 saturated heterocycles. The Labute approximate surface area is 115 Å². The lowest BCUT2D eigenvalue weighted by Crippen LogP contribution is -2.15. The lowest BCUT2D eigenvalue weighted by molar-refractivity contribution is 0.658. The minimum absolute atomic E-state index is 0.948. The zero-order chi connectivity index (χ0) is 13.4. The number of pyridine rings is 1. The van der Waals surface area contributed by atoms with E-state index in [1.54, 1.807) is 0 Å². The van der Waals surface area contributed by atoms with Crippen molar-refractivity contribution in [3.05, 3.63) is 40.1 Å². The number of fused-ring (bicyclic) bond motifs is 2. The summed E-state index contributed by atoms with van der Waals surface area (Å²) in [7, 11) is 2.03. The number of hydrogen-bond acceptors (Lipinski definition) is 2. The standard InChI is InChI=1S/C17H22N2/c1-11-8-9-14-15(10-18-3)13-6-4-5-7-16(13)19-17(14)12(11)2/h8-9,18H,4-7,10H2,1-3H3. The third-order valence-corrected chi connectivity index (χ3v) is 4.43. The van der Waals surface area contributed by atoms with Gasteiger partial charge in [-0.1, -0.05) is 12.1 Å². The van der Waals surface area contributed by atoms with Gasteiger partial charge in [-0.05, 0) is 68.8 Å². The van der Waals surface area contributed by atoms with E-state index in [4.69, 9.17) is 4.98 Å². The molecule has 2 heteroatoms. The van der Waals surface area contributed by atoms with E-state index in [0.717, 1.165) is 13.0 Å². The second-order valence-corrected chi connectivity index (χ2v) is 5.66. The molecule has 0 bridgehead atoms. The molecule has 2 aromatic rings. The van der Waals surface area contributed by atoms with Crippen molar-refractivity contribution in [3.63, 3.8) is 0 Å². The Morgan fingerprint density at radius 1 is 1.16 bits per heavy atom. The Balaban J connectivity index is 2.35. The van der Waals surface area contributed by atoms with Crippen LogP contribution in [0.15, 0.2) is 12.1 Å². The molecule has 0 aliphatic heterocycles. The predicted molar refractivity (Wildman–Crippen MR) is 80.6 cm³/mol. The maximum Gasteiger partial charge on any atom is 0.0740 e. The van der Waals surface area contributed by atoms with Crippen molar-refractivity contribution in [2.24, 2.45) is 0 Å². The number of rotatable bonds is 2. The first-order chi connectivity index (χ1) is 9.22. The highest BCUT2D eigenvalue weighted by atomic mass is 14.8. The zero-order valence-electron chi connectivity index (χ0n) is 12.1. The predicted octanol–water partition coefficient (Wildman–Crippen LogP) is 3.45. The van der Waals surface area contributed by atoms with Gasteiger partial charge in [0.1, 0.15) is 0 Å². The van der Waals surface area contributed by atoms with Crippen LogP contribution in [0.25, 0.3) is 10.9 Å². The summed E-state index contributed by atoms with van der Waals surface area (Å²) in [6, 6.07) is 4.49. The van der Waals surface area contributed by atoms with E-state index in [1.165, 1.54) is 58.1 Å². The average molecular weight is 254 g/mol. The van der Waals surface area contributed by atoms with Crippen LogP contribution in [0.2, 0.25) is 0 Å². The van der Waals surface area contributed by atoms with Gasteiger partial charge in [0.05, 0.1) is 5.52 Å². The Morgan fingerprint density at radius 3 is 2.74 bits per heavy atom. The molecule has 3 rings (SSSR count). The van der Waals surface area contributed by atoms with Crippen LogP contribution in [0.3, 0.4) is 0 Å². The summed E-state index contributed by atoms with van der Waals surface area (Å²) in [4.78, 5) is 4.99. The number of nitrogens with one attached hydrogen (secondary N) is 1. The molecule has 1 N–H and O–H groups in total. The molecule has 0 radical (unpaired) electrons. The van der Waals surface area contributed by atoms with Crippen LogP contribution in [0.4, 0.5) is 0 Å². The smallest absolute Gasteiger partial charge is 0.0740 e. The lowest BCUT2D eigenvalue weighted by atomic mass is 9.88. The van der Waals surface area contributed by atoms with E-state index in [2.05, 4.69) is 31.3 Å². The Morgan fingerprint density at radius 2 is 1.95 bits per heavy atom. The maximum atomic E-state index is 4.99. The van der Waals surface area contributed by atoms with E-state index in [0.29, 0.717) is 0 Å². The first-order valence-electron chi connectivity index (χ1n) is 7.27. The number of benzene rings is 1. The molecule has 100 valence electrons. The number of aryl methyl sites for hydroxylation is 3. The summed E-state index contributed by atoms with van der Waals surface area (Å²) in [5.74, 6) is 0. The van der Waals surface area contributed by atoms with Crippen molar-refractivity contribution >= 4 is 10.9 Å². The van der Waals surface area contributed by atoms with Crippen molar-refractivity contribution in [2.45, 2.75) is 46.1 Å². The molecule has 2 nitrogen and oxygen atoms in total. The average Bonchev–Trinajstić information content (AvgIpc) is 2.43. The molecule has 0 saturated carbocycles. The van der Waals surface area contributed by atoms with Crippen LogP contribution in [0, 0.1) is 13.8 Å². The molecular formula is C17H22N2. The van der Waals surface area contributed by atoms with Gasteiger partial charge in [-0.3, -0.25) is 4.98 Å². The molecule has 1 aliphatic rings.